The smallest absolute Gasteiger partial charge is 0.101 e. The highest BCUT2D eigenvalue weighted by atomic mass is 16.5. The highest BCUT2D eigenvalue weighted by molar-refractivity contribution is 5.85. The lowest BCUT2D eigenvalue weighted by atomic mass is 10.0. The summed E-state index contributed by atoms with van der Waals surface area (Å²) in [6, 6.07) is 23.1. The second-order valence-corrected chi connectivity index (χ2v) is 5.52. The van der Waals surface area contributed by atoms with Crippen molar-refractivity contribution in [1.29, 1.82) is 0 Å². The quantitative estimate of drug-likeness (QED) is 0.556. The van der Waals surface area contributed by atoms with Crippen molar-refractivity contribution in [3.63, 3.8) is 0 Å². The van der Waals surface area contributed by atoms with Crippen LogP contribution in [0.15, 0.2) is 79.4 Å². The second kappa shape index (κ2) is 6.59. The molecular formula is C21H20O. The monoisotopic (exact) mass is 288 g/mol. The van der Waals surface area contributed by atoms with E-state index in [0.717, 1.165) is 5.56 Å². The van der Waals surface area contributed by atoms with Crippen LogP contribution in [0.4, 0.5) is 0 Å². The molecule has 0 fully saturated rings. The molecule has 0 spiro atoms. The summed E-state index contributed by atoms with van der Waals surface area (Å²) in [6.45, 7) is 6.57. The Hall–Kier alpha value is -2.38. The molecule has 22 heavy (non-hydrogen) atoms. The molecule has 0 aliphatic rings. The maximum absolute atomic E-state index is 6.09. The summed E-state index contributed by atoms with van der Waals surface area (Å²) in [4.78, 5) is 0. The summed E-state index contributed by atoms with van der Waals surface area (Å²) in [5.74, 6) is 0. The summed E-state index contributed by atoms with van der Waals surface area (Å²) < 4.78 is 6.09. The van der Waals surface area contributed by atoms with E-state index in [2.05, 4.69) is 80.2 Å². The lowest BCUT2D eigenvalue weighted by molar-refractivity contribution is 0.0728. The van der Waals surface area contributed by atoms with Crippen molar-refractivity contribution >= 4 is 10.8 Å². The normalized spacial score (nSPS) is 12.2. The molecule has 3 aromatic carbocycles. The van der Waals surface area contributed by atoms with Crippen LogP contribution in [0.25, 0.3) is 10.8 Å². The largest absolute Gasteiger partial charge is 0.365 e. The topological polar surface area (TPSA) is 9.23 Å². The van der Waals surface area contributed by atoms with E-state index in [-0.39, 0.29) is 6.10 Å². The minimum absolute atomic E-state index is 0.0837. The zero-order chi connectivity index (χ0) is 15.4. The summed E-state index contributed by atoms with van der Waals surface area (Å²) in [7, 11) is 0. The molecule has 0 saturated carbocycles. The number of hydrogen-bond donors (Lipinski definition) is 0. The molecule has 0 aromatic heterocycles. The van der Waals surface area contributed by atoms with Gasteiger partial charge in [0.2, 0.25) is 0 Å². The summed E-state index contributed by atoms with van der Waals surface area (Å²) >= 11 is 0. The van der Waals surface area contributed by atoms with Crippen LogP contribution in [0.5, 0.6) is 0 Å². The van der Waals surface area contributed by atoms with E-state index in [0.29, 0.717) is 6.61 Å². The van der Waals surface area contributed by atoms with Gasteiger partial charge in [0.1, 0.15) is 6.10 Å². The maximum atomic E-state index is 6.09. The molecular weight excluding hydrogens is 268 g/mol. The van der Waals surface area contributed by atoms with E-state index in [4.69, 9.17) is 4.74 Å². The van der Waals surface area contributed by atoms with Crippen molar-refractivity contribution < 1.29 is 4.74 Å². The van der Waals surface area contributed by atoms with Gasteiger partial charge in [0.05, 0.1) is 6.61 Å². The standard InChI is InChI=1S/C21H20O/c1-3-21(18-13-11-16(2)12-14-18)22-15-19-9-6-8-17-7-4-5-10-20(17)19/h3-14,21H,1,15H2,2H3/t21-/m1/s1. The minimum atomic E-state index is -0.0837. The Morgan fingerprint density at radius 2 is 1.68 bits per heavy atom. The number of benzene rings is 3. The van der Waals surface area contributed by atoms with Gasteiger partial charge in [-0.25, -0.2) is 0 Å². The molecule has 0 bridgehead atoms. The van der Waals surface area contributed by atoms with E-state index < -0.39 is 0 Å². The molecule has 0 unspecified atom stereocenters. The van der Waals surface area contributed by atoms with Gasteiger partial charge in [-0.3, -0.25) is 0 Å². The molecule has 0 aliphatic carbocycles. The van der Waals surface area contributed by atoms with Crippen molar-refractivity contribution in [2.45, 2.75) is 19.6 Å². The summed E-state index contributed by atoms with van der Waals surface area (Å²) in [6.07, 6.45) is 1.77. The van der Waals surface area contributed by atoms with Crippen LogP contribution in [0, 0.1) is 6.92 Å². The van der Waals surface area contributed by atoms with Crippen molar-refractivity contribution in [3.05, 3.63) is 96.1 Å². The molecule has 0 amide bonds. The van der Waals surface area contributed by atoms with Crippen LogP contribution < -0.4 is 0 Å². The van der Waals surface area contributed by atoms with E-state index in [1.165, 1.54) is 21.9 Å². The molecule has 110 valence electrons. The molecule has 0 saturated heterocycles. The van der Waals surface area contributed by atoms with E-state index in [1.807, 2.05) is 6.08 Å². The molecule has 0 N–H and O–H groups in total. The predicted octanol–water partition coefficient (Wildman–Crippen LogP) is 5.59. The molecule has 1 atom stereocenters. The third-order valence-corrected chi connectivity index (χ3v) is 3.92. The summed E-state index contributed by atoms with van der Waals surface area (Å²) in [5, 5.41) is 2.49. The number of aryl methyl sites for hydroxylation is 1. The van der Waals surface area contributed by atoms with Gasteiger partial charge in [-0.15, -0.1) is 6.58 Å². The highest BCUT2D eigenvalue weighted by Crippen LogP contribution is 2.24. The first-order chi connectivity index (χ1) is 10.8. The van der Waals surface area contributed by atoms with Crippen LogP contribution in [0.3, 0.4) is 0 Å². The van der Waals surface area contributed by atoms with E-state index in [1.54, 1.807) is 0 Å². The van der Waals surface area contributed by atoms with Crippen LogP contribution in [0.1, 0.15) is 22.8 Å². The first kappa shape index (κ1) is 14.6. The van der Waals surface area contributed by atoms with Crippen LogP contribution in [0.2, 0.25) is 0 Å². The van der Waals surface area contributed by atoms with Crippen molar-refractivity contribution in [1.82, 2.24) is 0 Å². The highest BCUT2D eigenvalue weighted by Gasteiger charge is 2.09. The Morgan fingerprint density at radius 1 is 0.955 bits per heavy atom. The van der Waals surface area contributed by atoms with Gasteiger partial charge in [-0.2, -0.15) is 0 Å². The molecule has 0 aliphatic heterocycles. The second-order valence-electron chi connectivity index (χ2n) is 5.52. The van der Waals surface area contributed by atoms with Gasteiger partial charge in [0, 0.05) is 0 Å². The van der Waals surface area contributed by atoms with E-state index >= 15 is 0 Å². The minimum Gasteiger partial charge on any atom is -0.365 e. The zero-order valence-corrected chi connectivity index (χ0v) is 12.8. The Labute approximate surface area is 131 Å². The van der Waals surface area contributed by atoms with Crippen molar-refractivity contribution in [3.8, 4) is 0 Å². The van der Waals surface area contributed by atoms with Gasteiger partial charge in [-0.05, 0) is 28.8 Å². The van der Waals surface area contributed by atoms with Crippen LogP contribution in [-0.2, 0) is 11.3 Å². The third kappa shape index (κ3) is 3.10. The molecule has 0 heterocycles. The van der Waals surface area contributed by atoms with Crippen molar-refractivity contribution in [2.75, 3.05) is 0 Å². The fourth-order valence-corrected chi connectivity index (χ4v) is 2.65. The van der Waals surface area contributed by atoms with Gasteiger partial charge in [0.25, 0.3) is 0 Å². The first-order valence-electron chi connectivity index (χ1n) is 7.55. The van der Waals surface area contributed by atoms with Crippen LogP contribution in [-0.4, -0.2) is 0 Å². The molecule has 3 rings (SSSR count). The number of hydrogen-bond acceptors (Lipinski definition) is 1. The van der Waals surface area contributed by atoms with Gasteiger partial charge in [0.15, 0.2) is 0 Å². The Bertz CT molecular complexity index is 766. The Morgan fingerprint density at radius 3 is 2.45 bits per heavy atom. The number of fused-ring (bicyclic) bond motifs is 1. The van der Waals surface area contributed by atoms with Gasteiger partial charge in [-0.1, -0.05) is 78.4 Å². The van der Waals surface area contributed by atoms with Crippen LogP contribution >= 0.6 is 0 Å². The lowest BCUT2D eigenvalue weighted by Gasteiger charge is -2.16. The Balaban J connectivity index is 1.80. The fraction of sp³-hybridized carbons (Fsp3) is 0.143. The number of ether oxygens (including phenoxy) is 1. The molecule has 3 aromatic rings. The number of rotatable bonds is 5. The first-order valence-corrected chi connectivity index (χ1v) is 7.55. The SMILES string of the molecule is C=C[C@@H](OCc1cccc2ccccc12)c1ccc(C)cc1. The lowest BCUT2D eigenvalue weighted by Crippen LogP contribution is -2.02. The Kier molecular flexibility index (Phi) is 4.36. The van der Waals surface area contributed by atoms with Gasteiger partial charge >= 0.3 is 0 Å². The van der Waals surface area contributed by atoms with Gasteiger partial charge < -0.3 is 4.74 Å². The molecule has 0 radical (unpaired) electrons. The molecule has 1 nitrogen and oxygen atoms in total. The zero-order valence-electron chi connectivity index (χ0n) is 12.8. The average molecular weight is 288 g/mol. The third-order valence-electron chi connectivity index (χ3n) is 3.92. The predicted molar refractivity (Wildman–Crippen MR) is 92.9 cm³/mol. The van der Waals surface area contributed by atoms with E-state index in [9.17, 15) is 0 Å². The van der Waals surface area contributed by atoms with Crippen molar-refractivity contribution in [2.24, 2.45) is 0 Å². The fourth-order valence-electron chi connectivity index (χ4n) is 2.65. The molecule has 1 heteroatoms. The average Bonchev–Trinajstić information content (AvgIpc) is 2.57. The maximum Gasteiger partial charge on any atom is 0.101 e. The summed E-state index contributed by atoms with van der Waals surface area (Å²) in [5.41, 5.74) is 3.60.